The maximum atomic E-state index is 6.10. The number of halogens is 1. The van der Waals surface area contributed by atoms with Gasteiger partial charge in [0, 0.05) is 12.0 Å². The van der Waals surface area contributed by atoms with E-state index in [1.54, 1.807) is 0 Å². The molecule has 2 aliphatic carbocycles. The van der Waals surface area contributed by atoms with E-state index in [2.05, 4.69) is 21.7 Å². The Bertz CT molecular complexity index is 366. The summed E-state index contributed by atoms with van der Waals surface area (Å²) in [6, 6.07) is 0.468. The molecule has 1 atom stereocenters. The molecule has 2 fully saturated rings. The van der Waals surface area contributed by atoms with Gasteiger partial charge in [-0.05, 0) is 43.7 Å². The summed E-state index contributed by atoms with van der Waals surface area (Å²) < 4.78 is 2.15. The fraction of sp³-hybridized carbons (Fsp3) is 0.818. The second-order valence-corrected chi connectivity index (χ2v) is 5.34. The van der Waals surface area contributed by atoms with Crippen LogP contribution < -0.4 is 0 Å². The fourth-order valence-electron chi connectivity index (χ4n) is 2.25. The standard InChI is InChI=1S/C11H16ClN3/c1-7(6-8-2-3-8)15-10(9-4-5-9)13-14-11(15)12/h7-9H,2-6H2,1H3. The van der Waals surface area contributed by atoms with Gasteiger partial charge in [0.2, 0.25) is 5.28 Å². The highest BCUT2D eigenvalue weighted by Gasteiger charge is 2.33. The molecule has 0 bridgehead atoms. The van der Waals surface area contributed by atoms with E-state index < -0.39 is 0 Å². The van der Waals surface area contributed by atoms with Gasteiger partial charge in [-0.3, -0.25) is 4.57 Å². The Morgan fingerprint density at radius 1 is 1.33 bits per heavy atom. The van der Waals surface area contributed by atoms with Crippen LogP contribution in [0.25, 0.3) is 0 Å². The molecule has 3 rings (SSSR count). The highest BCUT2D eigenvalue weighted by molar-refractivity contribution is 6.28. The summed E-state index contributed by atoms with van der Waals surface area (Å²) >= 11 is 6.10. The van der Waals surface area contributed by atoms with Crippen molar-refractivity contribution in [1.29, 1.82) is 0 Å². The van der Waals surface area contributed by atoms with Gasteiger partial charge in [-0.15, -0.1) is 10.2 Å². The Balaban J connectivity index is 1.83. The van der Waals surface area contributed by atoms with E-state index in [-0.39, 0.29) is 0 Å². The maximum Gasteiger partial charge on any atom is 0.225 e. The molecule has 0 radical (unpaired) electrons. The van der Waals surface area contributed by atoms with Gasteiger partial charge < -0.3 is 0 Å². The van der Waals surface area contributed by atoms with Crippen LogP contribution in [0, 0.1) is 5.92 Å². The van der Waals surface area contributed by atoms with Crippen molar-refractivity contribution in [3.05, 3.63) is 11.1 Å². The van der Waals surface area contributed by atoms with Crippen molar-refractivity contribution in [2.75, 3.05) is 0 Å². The fourth-order valence-corrected chi connectivity index (χ4v) is 2.54. The van der Waals surface area contributed by atoms with E-state index in [0.717, 1.165) is 11.7 Å². The molecule has 15 heavy (non-hydrogen) atoms. The Kier molecular flexibility index (Phi) is 2.23. The smallest absolute Gasteiger partial charge is 0.225 e. The van der Waals surface area contributed by atoms with Crippen LogP contribution in [0.15, 0.2) is 0 Å². The molecular weight excluding hydrogens is 210 g/mol. The van der Waals surface area contributed by atoms with Gasteiger partial charge in [0.1, 0.15) is 5.82 Å². The SMILES string of the molecule is CC(CC1CC1)n1c(Cl)nnc1C1CC1. The van der Waals surface area contributed by atoms with Crippen LogP contribution in [0.1, 0.15) is 56.8 Å². The van der Waals surface area contributed by atoms with E-state index >= 15 is 0 Å². The molecule has 1 aromatic rings. The van der Waals surface area contributed by atoms with Crippen molar-refractivity contribution in [1.82, 2.24) is 14.8 Å². The van der Waals surface area contributed by atoms with Crippen molar-refractivity contribution in [3.63, 3.8) is 0 Å². The van der Waals surface area contributed by atoms with Crippen LogP contribution >= 0.6 is 11.6 Å². The highest BCUT2D eigenvalue weighted by Crippen LogP contribution is 2.43. The first-order valence-corrected chi connectivity index (χ1v) is 6.24. The van der Waals surface area contributed by atoms with Gasteiger partial charge in [0.05, 0.1) is 0 Å². The van der Waals surface area contributed by atoms with Crippen molar-refractivity contribution in [2.45, 2.75) is 51.0 Å². The molecule has 0 aromatic carbocycles. The molecular formula is C11H16ClN3. The molecule has 1 aromatic heterocycles. The lowest BCUT2D eigenvalue weighted by Crippen LogP contribution is -2.09. The first-order valence-electron chi connectivity index (χ1n) is 5.86. The summed E-state index contributed by atoms with van der Waals surface area (Å²) in [5.41, 5.74) is 0. The average Bonchev–Trinajstić information content (AvgIpc) is 3.07. The number of hydrogen-bond donors (Lipinski definition) is 0. The van der Waals surface area contributed by atoms with Gasteiger partial charge in [-0.1, -0.05) is 12.8 Å². The summed E-state index contributed by atoms with van der Waals surface area (Å²) in [6.45, 7) is 2.24. The van der Waals surface area contributed by atoms with Crippen LogP contribution in [0.3, 0.4) is 0 Å². The molecule has 0 N–H and O–H groups in total. The normalized spacial score (nSPS) is 23.1. The Morgan fingerprint density at radius 2 is 2.07 bits per heavy atom. The minimum absolute atomic E-state index is 0.468. The van der Waals surface area contributed by atoms with Crippen molar-refractivity contribution < 1.29 is 0 Å². The summed E-state index contributed by atoms with van der Waals surface area (Å²) in [4.78, 5) is 0. The molecule has 82 valence electrons. The minimum atomic E-state index is 0.468. The first kappa shape index (κ1) is 9.64. The van der Waals surface area contributed by atoms with Crippen LogP contribution in [0.5, 0.6) is 0 Å². The topological polar surface area (TPSA) is 30.7 Å². The Morgan fingerprint density at radius 3 is 2.67 bits per heavy atom. The zero-order valence-electron chi connectivity index (χ0n) is 8.99. The van der Waals surface area contributed by atoms with Crippen molar-refractivity contribution in [3.8, 4) is 0 Å². The lowest BCUT2D eigenvalue weighted by Gasteiger charge is -2.15. The zero-order chi connectivity index (χ0) is 10.4. The molecule has 4 heteroatoms. The Hall–Kier alpha value is -0.570. The lowest BCUT2D eigenvalue weighted by atomic mass is 10.1. The summed E-state index contributed by atoms with van der Waals surface area (Å²) in [6.07, 6.45) is 6.53. The Labute approximate surface area is 94.8 Å². The summed E-state index contributed by atoms with van der Waals surface area (Å²) in [5.74, 6) is 2.67. The predicted molar refractivity (Wildman–Crippen MR) is 59.1 cm³/mol. The molecule has 2 aliphatic rings. The molecule has 2 saturated carbocycles. The van der Waals surface area contributed by atoms with Crippen LogP contribution in [-0.2, 0) is 0 Å². The summed E-state index contributed by atoms with van der Waals surface area (Å²) in [5, 5.41) is 8.79. The first-order chi connectivity index (χ1) is 7.25. The number of hydrogen-bond acceptors (Lipinski definition) is 2. The third-order valence-electron chi connectivity index (χ3n) is 3.44. The second-order valence-electron chi connectivity index (χ2n) is 5.00. The largest absolute Gasteiger partial charge is 0.299 e. The number of nitrogens with zero attached hydrogens (tertiary/aromatic N) is 3. The average molecular weight is 226 g/mol. The van der Waals surface area contributed by atoms with Gasteiger partial charge in [-0.2, -0.15) is 0 Å². The van der Waals surface area contributed by atoms with E-state index in [1.807, 2.05) is 0 Å². The molecule has 0 aliphatic heterocycles. The molecule has 3 nitrogen and oxygen atoms in total. The third-order valence-corrected chi connectivity index (χ3v) is 3.69. The lowest BCUT2D eigenvalue weighted by molar-refractivity contribution is 0.461. The van der Waals surface area contributed by atoms with Crippen LogP contribution in [0.2, 0.25) is 5.28 Å². The van der Waals surface area contributed by atoms with Crippen molar-refractivity contribution >= 4 is 11.6 Å². The van der Waals surface area contributed by atoms with E-state index in [9.17, 15) is 0 Å². The molecule has 0 spiro atoms. The molecule has 1 unspecified atom stereocenters. The number of aromatic nitrogens is 3. The number of rotatable bonds is 4. The van der Waals surface area contributed by atoms with Gasteiger partial charge >= 0.3 is 0 Å². The summed E-state index contributed by atoms with van der Waals surface area (Å²) in [7, 11) is 0. The maximum absolute atomic E-state index is 6.10. The van der Waals surface area contributed by atoms with Gasteiger partial charge in [-0.25, -0.2) is 0 Å². The molecule has 1 heterocycles. The quantitative estimate of drug-likeness (QED) is 0.788. The second kappa shape index (κ2) is 3.48. The van der Waals surface area contributed by atoms with E-state index in [1.165, 1.54) is 32.1 Å². The van der Waals surface area contributed by atoms with Crippen molar-refractivity contribution in [2.24, 2.45) is 5.92 Å². The van der Waals surface area contributed by atoms with Gasteiger partial charge in [0.25, 0.3) is 0 Å². The van der Waals surface area contributed by atoms with E-state index in [4.69, 9.17) is 11.6 Å². The monoisotopic (exact) mass is 225 g/mol. The van der Waals surface area contributed by atoms with Crippen LogP contribution in [0.4, 0.5) is 0 Å². The predicted octanol–water partition coefficient (Wildman–Crippen LogP) is 3.17. The van der Waals surface area contributed by atoms with Crippen LogP contribution in [-0.4, -0.2) is 14.8 Å². The minimum Gasteiger partial charge on any atom is -0.299 e. The van der Waals surface area contributed by atoms with Gasteiger partial charge in [0.15, 0.2) is 0 Å². The molecule has 0 amide bonds. The van der Waals surface area contributed by atoms with E-state index in [0.29, 0.717) is 17.2 Å². The molecule has 0 saturated heterocycles. The highest BCUT2D eigenvalue weighted by atomic mass is 35.5. The zero-order valence-corrected chi connectivity index (χ0v) is 9.74. The third kappa shape index (κ3) is 1.89.